The van der Waals surface area contributed by atoms with Crippen molar-refractivity contribution in [2.24, 2.45) is 5.92 Å². The van der Waals surface area contributed by atoms with E-state index in [4.69, 9.17) is 4.74 Å². The van der Waals surface area contributed by atoms with E-state index < -0.39 is 0 Å². The van der Waals surface area contributed by atoms with E-state index in [-0.39, 0.29) is 0 Å². The summed E-state index contributed by atoms with van der Waals surface area (Å²) in [5, 5.41) is 3.54. The Kier molecular flexibility index (Phi) is 3.32. The zero-order chi connectivity index (χ0) is 11.5. The van der Waals surface area contributed by atoms with E-state index in [1.54, 1.807) is 0 Å². The number of benzene rings is 1. The average Bonchev–Trinajstić information content (AvgIpc) is 3.05. The van der Waals surface area contributed by atoms with Crippen molar-refractivity contribution in [3.63, 3.8) is 0 Å². The second-order valence-corrected chi connectivity index (χ2v) is 5.40. The Balaban J connectivity index is 1.56. The standard InChI is InChI=1S/C15H21NO/c1-3-13(9-14-4-2-8-16-14)10-15(5-1)17-11-12-6-7-12/h1,3,5,10,12,14,16H,2,4,6-9,11H2. The molecule has 0 spiro atoms. The van der Waals surface area contributed by atoms with Crippen molar-refractivity contribution >= 4 is 0 Å². The Hall–Kier alpha value is -1.02. The van der Waals surface area contributed by atoms with Crippen molar-refractivity contribution in [2.45, 2.75) is 38.1 Å². The van der Waals surface area contributed by atoms with Gasteiger partial charge in [-0.25, -0.2) is 0 Å². The van der Waals surface area contributed by atoms with E-state index in [9.17, 15) is 0 Å². The number of hydrogen-bond donors (Lipinski definition) is 1. The fourth-order valence-electron chi connectivity index (χ4n) is 2.48. The summed E-state index contributed by atoms with van der Waals surface area (Å²) in [7, 11) is 0. The zero-order valence-corrected chi connectivity index (χ0v) is 10.3. The van der Waals surface area contributed by atoms with Crippen molar-refractivity contribution in [3.8, 4) is 5.75 Å². The van der Waals surface area contributed by atoms with E-state index in [1.165, 1.54) is 37.8 Å². The SMILES string of the molecule is c1cc(CC2CCCN2)cc(OCC2CC2)c1. The summed E-state index contributed by atoms with van der Waals surface area (Å²) in [6, 6.07) is 9.29. The van der Waals surface area contributed by atoms with Crippen LogP contribution in [0.15, 0.2) is 24.3 Å². The van der Waals surface area contributed by atoms with Gasteiger partial charge >= 0.3 is 0 Å². The predicted octanol–water partition coefficient (Wildman–Crippen LogP) is 2.77. The van der Waals surface area contributed by atoms with Crippen LogP contribution in [0.3, 0.4) is 0 Å². The van der Waals surface area contributed by atoms with E-state index in [1.807, 2.05) is 0 Å². The van der Waals surface area contributed by atoms with Crippen LogP contribution in [0.1, 0.15) is 31.2 Å². The molecule has 92 valence electrons. The third kappa shape index (κ3) is 3.22. The molecule has 1 aliphatic carbocycles. The molecule has 1 aromatic carbocycles. The molecule has 1 unspecified atom stereocenters. The highest BCUT2D eigenvalue weighted by Gasteiger charge is 2.22. The summed E-state index contributed by atoms with van der Waals surface area (Å²) >= 11 is 0. The highest BCUT2D eigenvalue weighted by atomic mass is 16.5. The van der Waals surface area contributed by atoms with Crippen molar-refractivity contribution in [3.05, 3.63) is 29.8 Å². The molecule has 1 heterocycles. The molecular weight excluding hydrogens is 210 g/mol. The third-order valence-electron chi connectivity index (χ3n) is 3.73. The van der Waals surface area contributed by atoms with E-state index in [0.29, 0.717) is 6.04 Å². The third-order valence-corrected chi connectivity index (χ3v) is 3.73. The van der Waals surface area contributed by atoms with Crippen LogP contribution in [-0.4, -0.2) is 19.2 Å². The molecule has 1 saturated heterocycles. The van der Waals surface area contributed by atoms with Gasteiger partial charge in [-0.1, -0.05) is 12.1 Å². The summed E-state index contributed by atoms with van der Waals surface area (Å²) < 4.78 is 5.81. The highest BCUT2D eigenvalue weighted by Crippen LogP contribution is 2.29. The molecule has 17 heavy (non-hydrogen) atoms. The maximum Gasteiger partial charge on any atom is 0.119 e. The molecule has 1 atom stereocenters. The molecule has 2 heteroatoms. The van der Waals surface area contributed by atoms with Crippen LogP contribution < -0.4 is 10.1 Å². The lowest BCUT2D eigenvalue weighted by Gasteiger charge is -2.11. The molecule has 0 bridgehead atoms. The fraction of sp³-hybridized carbons (Fsp3) is 0.600. The summed E-state index contributed by atoms with van der Waals surface area (Å²) in [4.78, 5) is 0. The normalized spacial score (nSPS) is 23.9. The van der Waals surface area contributed by atoms with Gasteiger partial charge in [0.2, 0.25) is 0 Å². The molecule has 0 radical (unpaired) electrons. The molecule has 3 rings (SSSR count). The first kappa shape index (κ1) is 11.1. The summed E-state index contributed by atoms with van der Waals surface area (Å²) in [5.41, 5.74) is 1.40. The van der Waals surface area contributed by atoms with Crippen LogP contribution in [0.4, 0.5) is 0 Å². The van der Waals surface area contributed by atoms with Gasteiger partial charge in [0.25, 0.3) is 0 Å². The monoisotopic (exact) mass is 231 g/mol. The van der Waals surface area contributed by atoms with Crippen molar-refractivity contribution in [2.75, 3.05) is 13.2 Å². The highest BCUT2D eigenvalue weighted by molar-refractivity contribution is 5.29. The topological polar surface area (TPSA) is 21.3 Å². The first-order valence-corrected chi connectivity index (χ1v) is 6.85. The van der Waals surface area contributed by atoms with Gasteiger partial charge in [0.15, 0.2) is 0 Å². The second-order valence-electron chi connectivity index (χ2n) is 5.40. The van der Waals surface area contributed by atoms with E-state index in [2.05, 4.69) is 29.6 Å². The smallest absolute Gasteiger partial charge is 0.119 e. The largest absolute Gasteiger partial charge is 0.493 e. The molecule has 1 aliphatic heterocycles. The predicted molar refractivity (Wildman–Crippen MR) is 69.4 cm³/mol. The van der Waals surface area contributed by atoms with E-state index >= 15 is 0 Å². The van der Waals surface area contributed by atoms with Gasteiger partial charge in [0.05, 0.1) is 6.61 Å². The molecular formula is C15H21NO. The lowest BCUT2D eigenvalue weighted by atomic mass is 10.0. The van der Waals surface area contributed by atoms with E-state index in [0.717, 1.165) is 24.7 Å². The van der Waals surface area contributed by atoms with Crippen LogP contribution in [0.2, 0.25) is 0 Å². The first-order valence-electron chi connectivity index (χ1n) is 6.85. The van der Waals surface area contributed by atoms with Gasteiger partial charge in [0, 0.05) is 6.04 Å². The molecule has 2 fully saturated rings. The maximum absolute atomic E-state index is 5.81. The lowest BCUT2D eigenvalue weighted by molar-refractivity contribution is 0.299. The minimum atomic E-state index is 0.675. The number of rotatable bonds is 5. The van der Waals surface area contributed by atoms with Gasteiger partial charge in [-0.3, -0.25) is 0 Å². The minimum absolute atomic E-state index is 0.675. The van der Waals surface area contributed by atoms with Gasteiger partial charge in [-0.2, -0.15) is 0 Å². The molecule has 1 N–H and O–H groups in total. The summed E-state index contributed by atoms with van der Waals surface area (Å²) in [6.45, 7) is 2.09. The molecule has 1 aromatic rings. The van der Waals surface area contributed by atoms with Crippen LogP contribution in [0, 0.1) is 5.92 Å². The van der Waals surface area contributed by atoms with Crippen LogP contribution >= 0.6 is 0 Å². The molecule has 2 aliphatic rings. The Labute approximate surface area is 103 Å². The average molecular weight is 231 g/mol. The fourth-order valence-corrected chi connectivity index (χ4v) is 2.48. The van der Waals surface area contributed by atoms with Crippen molar-refractivity contribution in [1.29, 1.82) is 0 Å². The Morgan fingerprint density at radius 3 is 2.94 bits per heavy atom. The molecule has 0 amide bonds. The van der Waals surface area contributed by atoms with Gasteiger partial charge in [0.1, 0.15) is 5.75 Å². The Morgan fingerprint density at radius 2 is 2.18 bits per heavy atom. The van der Waals surface area contributed by atoms with Crippen molar-refractivity contribution < 1.29 is 4.74 Å². The quantitative estimate of drug-likeness (QED) is 0.841. The van der Waals surface area contributed by atoms with Gasteiger partial charge < -0.3 is 10.1 Å². The first-order chi connectivity index (χ1) is 8.40. The molecule has 1 saturated carbocycles. The van der Waals surface area contributed by atoms with Gasteiger partial charge in [-0.05, 0) is 62.3 Å². The lowest BCUT2D eigenvalue weighted by Crippen LogP contribution is -2.23. The minimum Gasteiger partial charge on any atom is -0.493 e. The summed E-state index contributed by atoms with van der Waals surface area (Å²) in [6.07, 6.45) is 6.48. The Bertz CT molecular complexity index is 367. The number of nitrogens with one attached hydrogen (secondary N) is 1. The van der Waals surface area contributed by atoms with Crippen LogP contribution in [0.5, 0.6) is 5.75 Å². The summed E-state index contributed by atoms with van der Waals surface area (Å²) in [5.74, 6) is 1.88. The van der Waals surface area contributed by atoms with Gasteiger partial charge in [-0.15, -0.1) is 0 Å². The maximum atomic E-state index is 5.81. The van der Waals surface area contributed by atoms with Crippen LogP contribution in [-0.2, 0) is 6.42 Å². The second kappa shape index (κ2) is 5.09. The number of hydrogen-bond acceptors (Lipinski definition) is 2. The molecule has 0 aromatic heterocycles. The Morgan fingerprint density at radius 1 is 1.24 bits per heavy atom. The zero-order valence-electron chi connectivity index (χ0n) is 10.3. The van der Waals surface area contributed by atoms with Crippen LogP contribution in [0.25, 0.3) is 0 Å². The molecule has 2 nitrogen and oxygen atoms in total. The number of ether oxygens (including phenoxy) is 1. The van der Waals surface area contributed by atoms with Crippen molar-refractivity contribution in [1.82, 2.24) is 5.32 Å².